The minimum atomic E-state index is -3.76. The molecule has 4 rings (SSSR count). The van der Waals surface area contributed by atoms with Crippen LogP contribution in [0.4, 0.5) is 10.8 Å². The van der Waals surface area contributed by atoms with Crippen molar-refractivity contribution in [1.82, 2.24) is 4.98 Å². The third-order valence-corrected chi connectivity index (χ3v) is 8.02. The number of ether oxygens (including phenoxy) is 1. The summed E-state index contributed by atoms with van der Waals surface area (Å²) in [6.07, 6.45) is 0. The number of carbonyl (C=O) groups excluding carboxylic acids is 1. The van der Waals surface area contributed by atoms with E-state index in [1.165, 1.54) is 54.1 Å². The third-order valence-electron chi connectivity index (χ3n) is 4.79. The smallest absolute Gasteiger partial charge is 0.264 e. The van der Waals surface area contributed by atoms with E-state index in [0.29, 0.717) is 37.4 Å². The van der Waals surface area contributed by atoms with E-state index in [-0.39, 0.29) is 4.90 Å². The lowest BCUT2D eigenvalue weighted by Crippen LogP contribution is -2.26. The number of benzene rings is 3. The standard InChI is InChI=1S/C22H18ClN3O4S2/c1-26(15-6-4-3-5-7-15)32(28,29)16-10-8-14(9-11-16)21(27)25-22-24-19-18(30-2)13-12-17(23)20(19)31-22/h3-13H,1-2H3,(H,24,25,27). The first kappa shape index (κ1) is 22.1. The van der Waals surface area contributed by atoms with Crippen molar-refractivity contribution in [1.29, 1.82) is 0 Å². The average molecular weight is 488 g/mol. The summed E-state index contributed by atoms with van der Waals surface area (Å²) in [7, 11) is -0.744. The number of aromatic nitrogens is 1. The summed E-state index contributed by atoms with van der Waals surface area (Å²) < 4.78 is 33.0. The van der Waals surface area contributed by atoms with Gasteiger partial charge in [0.15, 0.2) is 5.13 Å². The van der Waals surface area contributed by atoms with Crippen LogP contribution in [0.5, 0.6) is 5.75 Å². The Labute approximate surface area is 194 Å². The van der Waals surface area contributed by atoms with Crippen molar-refractivity contribution >= 4 is 59.9 Å². The van der Waals surface area contributed by atoms with E-state index in [2.05, 4.69) is 10.3 Å². The lowest BCUT2D eigenvalue weighted by atomic mass is 10.2. The van der Waals surface area contributed by atoms with E-state index in [0.717, 1.165) is 0 Å². The second-order valence-corrected chi connectivity index (χ2v) is 10.1. The van der Waals surface area contributed by atoms with Gasteiger partial charge in [0.2, 0.25) is 0 Å². The summed E-state index contributed by atoms with van der Waals surface area (Å²) in [5.41, 5.74) is 1.40. The van der Waals surface area contributed by atoms with Crippen LogP contribution in [-0.2, 0) is 10.0 Å². The van der Waals surface area contributed by atoms with Crippen molar-refractivity contribution in [2.24, 2.45) is 0 Å². The number of rotatable bonds is 6. The quantitative estimate of drug-likeness (QED) is 0.411. The molecule has 1 heterocycles. The molecule has 7 nitrogen and oxygen atoms in total. The first-order valence-corrected chi connectivity index (χ1v) is 12.0. The van der Waals surface area contributed by atoms with Gasteiger partial charge >= 0.3 is 0 Å². The first-order valence-electron chi connectivity index (χ1n) is 9.39. The minimum Gasteiger partial charge on any atom is -0.494 e. The average Bonchev–Trinajstić information content (AvgIpc) is 3.24. The van der Waals surface area contributed by atoms with Gasteiger partial charge in [-0.15, -0.1) is 0 Å². The van der Waals surface area contributed by atoms with Crippen LogP contribution in [0.2, 0.25) is 5.02 Å². The van der Waals surface area contributed by atoms with Crippen molar-refractivity contribution in [2.45, 2.75) is 4.90 Å². The van der Waals surface area contributed by atoms with Gasteiger partial charge in [-0.05, 0) is 48.5 Å². The number of thiazole rings is 1. The van der Waals surface area contributed by atoms with Gasteiger partial charge in [-0.3, -0.25) is 14.4 Å². The van der Waals surface area contributed by atoms with Gasteiger partial charge in [-0.2, -0.15) is 0 Å². The Morgan fingerprint density at radius 1 is 1.06 bits per heavy atom. The van der Waals surface area contributed by atoms with E-state index in [9.17, 15) is 13.2 Å². The number of hydrogen-bond acceptors (Lipinski definition) is 6. The van der Waals surface area contributed by atoms with Gasteiger partial charge in [0.25, 0.3) is 15.9 Å². The molecule has 1 N–H and O–H groups in total. The lowest BCUT2D eigenvalue weighted by molar-refractivity contribution is 0.102. The predicted molar refractivity (Wildman–Crippen MR) is 128 cm³/mol. The number of amides is 1. The third kappa shape index (κ3) is 4.14. The van der Waals surface area contributed by atoms with Gasteiger partial charge in [-0.25, -0.2) is 13.4 Å². The Bertz CT molecular complexity index is 1390. The van der Waals surface area contributed by atoms with Crippen LogP contribution >= 0.6 is 22.9 Å². The highest BCUT2D eigenvalue weighted by molar-refractivity contribution is 7.92. The van der Waals surface area contributed by atoms with Crippen molar-refractivity contribution in [3.05, 3.63) is 77.3 Å². The van der Waals surface area contributed by atoms with Crippen molar-refractivity contribution < 1.29 is 17.9 Å². The Balaban J connectivity index is 1.55. The fraction of sp³-hybridized carbons (Fsp3) is 0.0909. The zero-order valence-corrected chi connectivity index (χ0v) is 19.5. The second-order valence-electron chi connectivity index (χ2n) is 6.73. The number of para-hydroxylation sites is 1. The largest absolute Gasteiger partial charge is 0.494 e. The van der Waals surface area contributed by atoms with E-state index in [1.807, 2.05) is 6.07 Å². The molecular formula is C22H18ClN3O4S2. The molecule has 4 aromatic rings. The zero-order valence-electron chi connectivity index (χ0n) is 17.1. The van der Waals surface area contributed by atoms with Crippen LogP contribution < -0.4 is 14.4 Å². The van der Waals surface area contributed by atoms with Crippen LogP contribution in [0.1, 0.15) is 10.4 Å². The molecule has 0 unspecified atom stereocenters. The fourth-order valence-corrected chi connectivity index (χ4v) is 5.40. The Hall–Kier alpha value is -3.14. The monoisotopic (exact) mass is 487 g/mol. The number of sulfonamides is 1. The normalized spacial score (nSPS) is 11.3. The number of methoxy groups -OCH3 is 1. The summed E-state index contributed by atoms with van der Waals surface area (Å²) in [5.74, 6) is 0.137. The lowest BCUT2D eigenvalue weighted by Gasteiger charge is -2.19. The summed E-state index contributed by atoms with van der Waals surface area (Å²) in [5, 5.41) is 3.60. The molecule has 164 valence electrons. The summed E-state index contributed by atoms with van der Waals surface area (Å²) in [4.78, 5) is 17.2. The highest BCUT2D eigenvalue weighted by Crippen LogP contribution is 2.37. The fourth-order valence-electron chi connectivity index (χ4n) is 3.05. The predicted octanol–water partition coefficient (Wildman–Crippen LogP) is 5.04. The van der Waals surface area contributed by atoms with Crippen molar-refractivity contribution in [3.63, 3.8) is 0 Å². The molecule has 0 aliphatic heterocycles. The van der Waals surface area contributed by atoms with Gasteiger partial charge < -0.3 is 4.74 Å². The summed E-state index contributed by atoms with van der Waals surface area (Å²) in [6, 6.07) is 17.9. The molecule has 0 aliphatic carbocycles. The molecule has 3 aromatic carbocycles. The molecule has 0 radical (unpaired) electrons. The maximum absolute atomic E-state index is 12.9. The van der Waals surface area contributed by atoms with E-state index >= 15 is 0 Å². The van der Waals surface area contributed by atoms with E-state index in [4.69, 9.17) is 16.3 Å². The maximum atomic E-state index is 12.9. The van der Waals surface area contributed by atoms with Gasteiger partial charge in [0.1, 0.15) is 11.3 Å². The van der Waals surface area contributed by atoms with Gasteiger partial charge in [0, 0.05) is 12.6 Å². The Morgan fingerprint density at radius 2 is 1.75 bits per heavy atom. The highest BCUT2D eigenvalue weighted by atomic mass is 35.5. The van der Waals surface area contributed by atoms with Crippen molar-refractivity contribution in [2.75, 3.05) is 23.8 Å². The molecule has 0 saturated carbocycles. The van der Waals surface area contributed by atoms with E-state index in [1.54, 1.807) is 36.4 Å². The Kier molecular flexibility index (Phi) is 6.05. The van der Waals surface area contributed by atoms with Gasteiger partial charge in [0.05, 0.1) is 27.4 Å². The van der Waals surface area contributed by atoms with Crippen LogP contribution in [0.25, 0.3) is 10.2 Å². The van der Waals surface area contributed by atoms with Gasteiger partial charge in [-0.1, -0.05) is 41.1 Å². The molecule has 1 amide bonds. The SMILES string of the molecule is COc1ccc(Cl)c2sc(NC(=O)c3ccc(S(=O)(=O)N(C)c4ccccc4)cc3)nc12. The Morgan fingerprint density at radius 3 is 2.41 bits per heavy atom. The first-order chi connectivity index (χ1) is 15.3. The number of nitrogens with one attached hydrogen (secondary N) is 1. The molecule has 0 atom stereocenters. The van der Waals surface area contributed by atoms with Crippen LogP contribution in [0, 0.1) is 0 Å². The topological polar surface area (TPSA) is 88.6 Å². The van der Waals surface area contributed by atoms with Crippen LogP contribution in [0.15, 0.2) is 71.6 Å². The number of hydrogen-bond donors (Lipinski definition) is 1. The zero-order chi connectivity index (χ0) is 22.9. The molecule has 0 bridgehead atoms. The minimum absolute atomic E-state index is 0.0805. The highest BCUT2D eigenvalue weighted by Gasteiger charge is 2.22. The summed E-state index contributed by atoms with van der Waals surface area (Å²) >= 11 is 7.45. The maximum Gasteiger partial charge on any atom is 0.264 e. The number of halogens is 1. The number of fused-ring (bicyclic) bond motifs is 1. The molecular weight excluding hydrogens is 470 g/mol. The number of nitrogens with zero attached hydrogens (tertiary/aromatic N) is 2. The number of carbonyl (C=O) groups is 1. The molecule has 0 fully saturated rings. The number of anilines is 2. The van der Waals surface area contributed by atoms with E-state index < -0.39 is 15.9 Å². The molecule has 32 heavy (non-hydrogen) atoms. The van der Waals surface area contributed by atoms with Crippen LogP contribution in [0.3, 0.4) is 0 Å². The molecule has 0 aliphatic rings. The molecule has 0 saturated heterocycles. The molecule has 1 aromatic heterocycles. The van der Waals surface area contributed by atoms with Crippen LogP contribution in [-0.4, -0.2) is 33.5 Å². The second kappa shape index (κ2) is 8.78. The summed E-state index contributed by atoms with van der Waals surface area (Å²) in [6.45, 7) is 0. The van der Waals surface area contributed by atoms with Crippen molar-refractivity contribution in [3.8, 4) is 5.75 Å². The molecule has 10 heteroatoms. The molecule has 0 spiro atoms.